The van der Waals surface area contributed by atoms with E-state index in [9.17, 15) is 0 Å². The van der Waals surface area contributed by atoms with Crippen molar-refractivity contribution >= 4 is 0 Å². The van der Waals surface area contributed by atoms with E-state index in [1.807, 2.05) is 12.1 Å². The molecule has 1 aromatic rings. The molecular formula is C14H22N2O2. The molecule has 0 saturated carbocycles. The largest absolute Gasteiger partial charge is 0.494 e. The van der Waals surface area contributed by atoms with Crippen molar-refractivity contribution < 1.29 is 9.47 Å². The Labute approximate surface area is 108 Å². The summed E-state index contributed by atoms with van der Waals surface area (Å²) in [5.74, 6) is 7.04. The average molecular weight is 250 g/mol. The second-order valence-corrected chi connectivity index (χ2v) is 4.69. The van der Waals surface area contributed by atoms with Gasteiger partial charge < -0.3 is 9.47 Å². The molecule has 2 rings (SSSR count). The Kier molecular flexibility index (Phi) is 4.99. The molecular weight excluding hydrogens is 228 g/mol. The Morgan fingerprint density at radius 2 is 2.22 bits per heavy atom. The molecule has 1 saturated heterocycles. The van der Waals surface area contributed by atoms with Gasteiger partial charge in [0.2, 0.25) is 0 Å². The topological polar surface area (TPSA) is 56.5 Å². The average Bonchev–Trinajstić information content (AvgIpc) is 2.93. The van der Waals surface area contributed by atoms with Gasteiger partial charge in [-0.25, -0.2) is 0 Å². The van der Waals surface area contributed by atoms with Gasteiger partial charge >= 0.3 is 0 Å². The molecule has 1 aliphatic heterocycles. The molecule has 3 N–H and O–H groups in total. The molecule has 100 valence electrons. The Hall–Kier alpha value is -1.10. The number of hydrazine groups is 1. The van der Waals surface area contributed by atoms with Crippen molar-refractivity contribution in [1.82, 2.24) is 5.43 Å². The zero-order valence-corrected chi connectivity index (χ0v) is 10.9. The fourth-order valence-electron chi connectivity index (χ4n) is 2.31. The van der Waals surface area contributed by atoms with Crippen molar-refractivity contribution in [3.8, 4) is 5.75 Å². The second kappa shape index (κ2) is 6.73. The number of rotatable bonds is 6. The van der Waals surface area contributed by atoms with Gasteiger partial charge in [0.15, 0.2) is 0 Å². The predicted octanol–water partition coefficient (Wildman–Crippen LogP) is 2.02. The fourth-order valence-corrected chi connectivity index (χ4v) is 2.31. The molecule has 0 aliphatic carbocycles. The molecule has 4 heteroatoms. The van der Waals surface area contributed by atoms with Crippen molar-refractivity contribution in [3.63, 3.8) is 0 Å². The minimum Gasteiger partial charge on any atom is -0.494 e. The van der Waals surface area contributed by atoms with Crippen molar-refractivity contribution in [2.24, 2.45) is 11.8 Å². The summed E-state index contributed by atoms with van der Waals surface area (Å²) in [5.41, 5.74) is 4.09. The highest BCUT2D eigenvalue weighted by Gasteiger charge is 2.26. The van der Waals surface area contributed by atoms with Crippen LogP contribution in [-0.4, -0.2) is 19.8 Å². The van der Waals surface area contributed by atoms with Gasteiger partial charge in [-0.3, -0.25) is 11.3 Å². The van der Waals surface area contributed by atoms with Crippen molar-refractivity contribution in [3.05, 3.63) is 29.8 Å². The molecule has 1 aromatic carbocycles. The first-order valence-electron chi connectivity index (χ1n) is 6.61. The molecule has 0 aromatic heterocycles. The van der Waals surface area contributed by atoms with Crippen LogP contribution in [0.5, 0.6) is 5.75 Å². The first kappa shape index (κ1) is 13.3. The molecule has 0 radical (unpaired) electrons. The van der Waals surface area contributed by atoms with E-state index in [1.54, 1.807) is 0 Å². The van der Waals surface area contributed by atoms with E-state index in [1.165, 1.54) is 5.56 Å². The third kappa shape index (κ3) is 3.22. The first-order chi connectivity index (χ1) is 8.85. The Balaban J connectivity index is 2.02. The van der Waals surface area contributed by atoms with Crippen LogP contribution in [-0.2, 0) is 4.74 Å². The SMILES string of the molecule is CCCOc1ccc(C(NN)C2CCOC2)cc1. The maximum Gasteiger partial charge on any atom is 0.119 e. The quantitative estimate of drug-likeness (QED) is 0.599. The lowest BCUT2D eigenvalue weighted by Crippen LogP contribution is -2.33. The van der Waals surface area contributed by atoms with Crippen LogP contribution in [0.1, 0.15) is 31.4 Å². The number of benzene rings is 1. The summed E-state index contributed by atoms with van der Waals surface area (Å²) in [6.45, 7) is 4.47. The third-order valence-electron chi connectivity index (χ3n) is 3.33. The molecule has 1 fully saturated rings. The van der Waals surface area contributed by atoms with E-state index in [0.717, 1.165) is 38.4 Å². The number of ether oxygens (including phenoxy) is 2. The van der Waals surface area contributed by atoms with Crippen LogP contribution in [0.15, 0.2) is 24.3 Å². The van der Waals surface area contributed by atoms with Crippen LogP contribution >= 0.6 is 0 Å². The minimum absolute atomic E-state index is 0.160. The minimum atomic E-state index is 0.160. The molecule has 2 unspecified atom stereocenters. The van der Waals surface area contributed by atoms with E-state index in [2.05, 4.69) is 24.5 Å². The van der Waals surface area contributed by atoms with E-state index >= 15 is 0 Å². The van der Waals surface area contributed by atoms with Crippen LogP contribution in [0, 0.1) is 5.92 Å². The standard InChI is InChI=1S/C14H22N2O2/c1-2-8-18-13-5-3-11(4-6-13)14(16-15)12-7-9-17-10-12/h3-6,12,14,16H,2,7-10,15H2,1H3. The second-order valence-electron chi connectivity index (χ2n) is 4.69. The van der Waals surface area contributed by atoms with Crippen LogP contribution in [0.25, 0.3) is 0 Å². The van der Waals surface area contributed by atoms with Gasteiger partial charge in [0.05, 0.1) is 19.3 Å². The molecule has 0 spiro atoms. The van der Waals surface area contributed by atoms with E-state index in [4.69, 9.17) is 15.3 Å². The lowest BCUT2D eigenvalue weighted by molar-refractivity contribution is 0.177. The summed E-state index contributed by atoms with van der Waals surface area (Å²) in [6.07, 6.45) is 2.08. The predicted molar refractivity (Wildman–Crippen MR) is 71.2 cm³/mol. The fraction of sp³-hybridized carbons (Fsp3) is 0.571. The van der Waals surface area contributed by atoms with Crippen molar-refractivity contribution in [2.75, 3.05) is 19.8 Å². The van der Waals surface area contributed by atoms with Gasteiger partial charge in [-0.2, -0.15) is 0 Å². The molecule has 1 aliphatic rings. The Morgan fingerprint density at radius 1 is 1.44 bits per heavy atom. The maximum atomic E-state index is 5.67. The summed E-state index contributed by atoms with van der Waals surface area (Å²) in [4.78, 5) is 0. The highest BCUT2D eigenvalue weighted by molar-refractivity contribution is 5.29. The summed E-state index contributed by atoms with van der Waals surface area (Å²) in [5, 5.41) is 0. The zero-order chi connectivity index (χ0) is 12.8. The molecule has 0 amide bonds. The highest BCUT2D eigenvalue weighted by atomic mass is 16.5. The highest BCUT2D eigenvalue weighted by Crippen LogP contribution is 2.29. The van der Waals surface area contributed by atoms with Gasteiger partial charge in [0, 0.05) is 12.5 Å². The smallest absolute Gasteiger partial charge is 0.119 e. The van der Waals surface area contributed by atoms with E-state index < -0.39 is 0 Å². The number of nitrogens with two attached hydrogens (primary N) is 1. The van der Waals surface area contributed by atoms with Gasteiger partial charge in [0.1, 0.15) is 5.75 Å². The zero-order valence-electron chi connectivity index (χ0n) is 10.9. The van der Waals surface area contributed by atoms with Crippen molar-refractivity contribution in [1.29, 1.82) is 0 Å². The number of hydrogen-bond acceptors (Lipinski definition) is 4. The Morgan fingerprint density at radius 3 is 2.78 bits per heavy atom. The maximum absolute atomic E-state index is 5.67. The van der Waals surface area contributed by atoms with Gasteiger partial charge in [-0.1, -0.05) is 19.1 Å². The summed E-state index contributed by atoms with van der Waals surface area (Å²) in [7, 11) is 0. The molecule has 2 atom stereocenters. The lowest BCUT2D eigenvalue weighted by atomic mass is 9.93. The Bertz CT molecular complexity index is 347. The number of nitrogens with one attached hydrogen (secondary N) is 1. The summed E-state index contributed by atoms with van der Waals surface area (Å²) < 4.78 is 11.0. The van der Waals surface area contributed by atoms with Crippen LogP contribution in [0.2, 0.25) is 0 Å². The van der Waals surface area contributed by atoms with Crippen LogP contribution < -0.4 is 16.0 Å². The van der Waals surface area contributed by atoms with E-state index in [0.29, 0.717) is 5.92 Å². The molecule has 18 heavy (non-hydrogen) atoms. The van der Waals surface area contributed by atoms with Gasteiger partial charge in [-0.15, -0.1) is 0 Å². The molecule has 4 nitrogen and oxygen atoms in total. The number of hydrogen-bond donors (Lipinski definition) is 2. The third-order valence-corrected chi connectivity index (χ3v) is 3.33. The van der Waals surface area contributed by atoms with Crippen LogP contribution in [0.3, 0.4) is 0 Å². The van der Waals surface area contributed by atoms with Gasteiger partial charge in [-0.05, 0) is 30.5 Å². The van der Waals surface area contributed by atoms with Gasteiger partial charge in [0.25, 0.3) is 0 Å². The lowest BCUT2D eigenvalue weighted by Gasteiger charge is -2.22. The van der Waals surface area contributed by atoms with Crippen LogP contribution in [0.4, 0.5) is 0 Å². The van der Waals surface area contributed by atoms with Crippen molar-refractivity contribution in [2.45, 2.75) is 25.8 Å². The summed E-state index contributed by atoms with van der Waals surface area (Å²) >= 11 is 0. The molecule has 0 bridgehead atoms. The summed E-state index contributed by atoms with van der Waals surface area (Å²) in [6, 6.07) is 8.32. The van der Waals surface area contributed by atoms with E-state index in [-0.39, 0.29) is 6.04 Å². The first-order valence-corrected chi connectivity index (χ1v) is 6.61. The molecule has 1 heterocycles. The normalized spacial score (nSPS) is 20.9. The monoisotopic (exact) mass is 250 g/mol.